The Balaban J connectivity index is 2.14. The lowest BCUT2D eigenvalue weighted by Crippen LogP contribution is -2.37. The molecule has 1 fully saturated rings. The maximum atomic E-state index is 12.2. The van der Waals surface area contributed by atoms with Gasteiger partial charge in [-0.25, -0.2) is 0 Å². The fourth-order valence-corrected chi connectivity index (χ4v) is 2.34. The van der Waals surface area contributed by atoms with Gasteiger partial charge < -0.3 is 10.0 Å². The maximum Gasteiger partial charge on any atom is 0.323 e. The summed E-state index contributed by atoms with van der Waals surface area (Å²) in [6.45, 7) is -0.327. The van der Waals surface area contributed by atoms with E-state index in [1.807, 2.05) is 0 Å². The van der Waals surface area contributed by atoms with Crippen molar-refractivity contribution in [1.29, 1.82) is 0 Å². The highest BCUT2D eigenvalue weighted by molar-refractivity contribution is 6.30. The number of amides is 1. The van der Waals surface area contributed by atoms with E-state index < -0.39 is 5.97 Å². The Morgan fingerprint density at radius 1 is 1.37 bits per heavy atom. The summed E-state index contributed by atoms with van der Waals surface area (Å²) in [5.74, 6) is -0.765. The van der Waals surface area contributed by atoms with Crippen LogP contribution in [0, 0.1) is 5.92 Å². The summed E-state index contributed by atoms with van der Waals surface area (Å²) in [6.07, 6.45) is 3.69. The predicted octanol–water partition coefficient (Wildman–Crippen LogP) is 2.95. The quantitative estimate of drug-likeness (QED) is 0.903. The molecule has 2 rings (SSSR count). The van der Waals surface area contributed by atoms with E-state index in [4.69, 9.17) is 16.7 Å². The average molecular weight is 282 g/mol. The minimum atomic E-state index is -1.03. The molecule has 0 heterocycles. The number of nitrogens with zero attached hydrogens (tertiary/aromatic N) is 1. The Bertz CT molecular complexity index is 485. The Hall–Kier alpha value is -1.55. The van der Waals surface area contributed by atoms with Crippen LogP contribution in [0.15, 0.2) is 24.3 Å². The minimum Gasteiger partial charge on any atom is -0.480 e. The van der Waals surface area contributed by atoms with Crippen molar-refractivity contribution in [1.82, 2.24) is 0 Å². The summed E-state index contributed by atoms with van der Waals surface area (Å²) >= 11 is 5.89. The normalized spacial score (nSPS) is 14.8. The van der Waals surface area contributed by atoms with Crippen LogP contribution in [0.1, 0.15) is 25.7 Å². The molecule has 1 aliphatic carbocycles. The summed E-state index contributed by atoms with van der Waals surface area (Å²) < 4.78 is 0. The first-order valence-corrected chi connectivity index (χ1v) is 6.72. The van der Waals surface area contributed by atoms with Crippen molar-refractivity contribution in [2.45, 2.75) is 25.7 Å². The van der Waals surface area contributed by atoms with Crippen molar-refractivity contribution in [3.05, 3.63) is 29.3 Å². The molecule has 1 amide bonds. The van der Waals surface area contributed by atoms with Crippen molar-refractivity contribution < 1.29 is 14.7 Å². The molecule has 1 aromatic carbocycles. The molecule has 1 aliphatic rings. The molecule has 0 saturated heterocycles. The minimum absolute atomic E-state index is 0.144. The van der Waals surface area contributed by atoms with Crippen LogP contribution >= 0.6 is 11.6 Å². The van der Waals surface area contributed by atoms with Crippen LogP contribution in [-0.2, 0) is 9.59 Å². The second-order valence-corrected chi connectivity index (χ2v) is 5.29. The van der Waals surface area contributed by atoms with Gasteiger partial charge in [-0.2, -0.15) is 0 Å². The van der Waals surface area contributed by atoms with Gasteiger partial charge in [-0.3, -0.25) is 9.59 Å². The fourth-order valence-electron chi connectivity index (χ4n) is 2.16. The van der Waals surface area contributed by atoms with Crippen molar-refractivity contribution in [2.75, 3.05) is 11.4 Å². The van der Waals surface area contributed by atoms with E-state index in [1.54, 1.807) is 24.3 Å². The second-order valence-electron chi connectivity index (χ2n) is 4.85. The van der Waals surface area contributed by atoms with Gasteiger partial charge in [0.05, 0.1) is 0 Å². The van der Waals surface area contributed by atoms with Gasteiger partial charge in [0.1, 0.15) is 6.54 Å². The molecule has 1 aromatic rings. The van der Waals surface area contributed by atoms with Crippen LogP contribution in [-0.4, -0.2) is 23.5 Å². The Morgan fingerprint density at radius 2 is 2.11 bits per heavy atom. The number of anilines is 1. The number of halogens is 1. The lowest BCUT2D eigenvalue weighted by Gasteiger charge is -2.28. The van der Waals surface area contributed by atoms with Crippen LogP contribution in [0.2, 0.25) is 5.02 Å². The largest absolute Gasteiger partial charge is 0.480 e. The third-order valence-corrected chi connectivity index (χ3v) is 3.64. The summed E-state index contributed by atoms with van der Waals surface area (Å²) in [7, 11) is 0. The van der Waals surface area contributed by atoms with Crippen LogP contribution in [0.25, 0.3) is 0 Å². The van der Waals surface area contributed by atoms with E-state index in [0.29, 0.717) is 23.0 Å². The zero-order chi connectivity index (χ0) is 13.8. The fraction of sp³-hybridized carbons (Fsp3) is 0.429. The number of aliphatic carboxylic acids is 1. The second kappa shape index (κ2) is 6.06. The molecule has 1 saturated carbocycles. The number of benzene rings is 1. The standard InChI is InChI=1S/C14H16ClNO3/c15-11-5-2-6-12(8-11)16(9-14(18)19)13(17)7-10-3-1-4-10/h2,5-6,8,10H,1,3-4,7,9H2,(H,18,19). The predicted molar refractivity (Wildman–Crippen MR) is 73.4 cm³/mol. The van der Waals surface area contributed by atoms with Crippen LogP contribution in [0.4, 0.5) is 5.69 Å². The first-order valence-electron chi connectivity index (χ1n) is 6.34. The molecular weight excluding hydrogens is 266 g/mol. The molecule has 0 spiro atoms. The monoisotopic (exact) mass is 281 g/mol. The number of carbonyl (C=O) groups excluding carboxylic acids is 1. The molecule has 0 unspecified atom stereocenters. The Labute approximate surface area is 117 Å². The summed E-state index contributed by atoms with van der Waals surface area (Å²) in [4.78, 5) is 24.4. The Kier molecular flexibility index (Phi) is 4.43. The van der Waals surface area contributed by atoms with Gasteiger partial charge in [0.2, 0.25) is 5.91 Å². The van der Waals surface area contributed by atoms with E-state index >= 15 is 0 Å². The highest BCUT2D eigenvalue weighted by atomic mass is 35.5. The van der Waals surface area contributed by atoms with Gasteiger partial charge in [0.25, 0.3) is 0 Å². The maximum absolute atomic E-state index is 12.2. The molecule has 0 aliphatic heterocycles. The highest BCUT2D eigenvalue weighted by Crippen LogP contribution is 2.31. The summed E-state index contributed by atoms with van der Waals surface area (Å²) in [6, 6.07) is 6.72. The van der Waals surface area contributed by atoms with Gasteiger partial charge in [0.15, 0.2) is 0 Å². The zero-order valence-electron chi connectivity index (χ0n) is 10.5. The molecule has 5 heteroatoms. The van der Waals surface area contributed by atoms with E-state index in [1.165, 1.54) is 4.90 Å². The number of rotatable bonds is 5. The molecule has 19 heavy (non-hydrogen) atoms. The third kappa shape index (κ3) is 3.70. The van der Waals surface area contributed by atoms with Crippen molar-refractivity contribution in [2.24, 2.45) is 5.92 Å². The van der Waals surface area contributed by atoms with Gasteiger partial charge in [0, 0.05) is 17.1 Å². The van der Waals surface area contributed by atoms with Gasteiger partial charge in [-0.1, -0.05) is 24.1 Å². The van der Waals surface area contributed by atoms with Crippen LogP contribution in [0.3, 0.4) is 0 Å². The van der Waals surface area contributed by atoms with E-state index in [0.717, 1.165) is 19.3 Å². The molecule has 1 N–H and O–H groups in total. The number of carboxylic acid groups (broad SMARTS) is 1. The molecule has 0 atom stereocenters. The molecule has 0 aromatic heterocycles. The van der Waals surface area contributed by atoms with E-state index in [-0.39, 0.29) is 12.5 Å². The lowest BCUT2D eigenvalue weighted by molar-refractivity contribution is -0.136. The number of carbonyl (C=O) groups is 2. The summed E-state index contributed by atoms with van der Waals surface area (Å²) in [5, 5.41) is 9.43. The smallest absolute Gasteiger partial charge is 0.323 e. The van der Waals surface area contributed by atoms with Crippen LogP contribution in [0.5, 0.6) is 0 Å². The van der Waals surface area contributed by atoms with Gasteiger partial charge in [-0.15, -0.1) is 0 Å². The number of hydrogen-bond donors (Lipinski definition) is 1. The van der Waals surface area contributed by atoms with Crippen molar-refractivity contribution in [3.63, 3.8) is 0 Å². The molecule has 4 nitrogen and oxygen atoms in total. The average Bonchev–Trinajstić information content (AvgIpc) is 2.30. The summed E-state index contributed by atoms with van der Waals surface area (Å²) in [5.41, 5.74) is 0.541. The molecular formula is C14H16ClNO3. The van der Waals surface area contributed by atoms with Crippen molar-refractivity contribution in [3.8, 4) is 0 Å². The van der Waals surface area contributed by atoms with Crippen LogP contribution < -0.4 is 4.90 Å². The highest BCUT2D eigenvalue weighted by Gasteiger charge is 2.25. The van der Waals surface area contributed by atoms with Crippen molar-refractivity contribution >= 4 is 29.2 Å². The topological polar surface area (TPSA) is 57.6 Å². The lowest BCUT2D eigenvalue weighted by atomic mass is 9.82. The van der Waals surface area contributed by atoms with Gasteiger partial charge in [-0.05, 0) is 37.0 Å². The number of hydrogen-bond acceptors (Lipinski definition) is 2. The Morgan fingerprint density at radius 3 is 2.63 bits per heavy atom. The zero-order valence-corrected chi connectivity index (χ0v) is 11.3. The molecule has 0 bridgehead atoms. The first kappa shape index (κ1) is 13.9. The number of carboxylic acids is 1. The first-order chi connectivity index (χ1) is 9.06. The molecule has 102 valence electrons. The molecule has 0 radical (unpaired) electrons. The van der Waals surface area contributed by atoms with E-state index in [9.17, 15) is 9.59 Å². The SMILES string of the molecule is O=C(O)CN(C(=O)CC1CCC1)c1cccc(Cl)c1. The van der Waals surface area contributed by atoms with Gasteiger partial charge >= 0.3 is 5.97 Å². The third-order valence-electron chi connectivity index (χ3n) is 3.40. The van der Waals surface area contributed by atoms with E-state index in [2.05, 4.69) is 0 Å².